The predicted octanol–water partition coefficient (Wildman–Crippen LogP) is 3.37. The van der Waals surface area contributed by atoms with Crippen molar-refractivity contribution in [2.75, 3.05) is 0 Å². The van der Waals surface area contributed by atoms with Crippen LogP contribution < -0.4 is 11.3 Å². The molecule has 2 aromatic rings. The molecule has 0 radical (unpaired) electrons. The van der Waals surface area contributed by atoms with E-state index in [9.17, 15) is 0 Å². The third kappa shape index (κ3) is 4.16. The zero-order valence-electron chi connectivity index (χ0n) is 11.6. The zero-order valence-corrected chi connectivity index (χ0v) is 12.5. The van der Waals surface area contributed by atoms with Gasteiger partial charge in [-0.3, -0.25) is 11.3 Å². The van der Waals surface area contributed by atoms with Gasteiger partial charge in [-0.25, -0.2) is 0 Å². The van der Waals surface area contributed by atoms with E-state index in [0.29, 0.717) is 6.04 Å². The summed E-state index contributed by atoms with van der Waals surface area (Å²) in [6.45, 7) is 4.31. The predicted molar refractivity (Wildman–Crippen MR) is 83.4 cm³/mol. The first-order chi connectivity index (χ1) is 9.19. The van der Waals surface area contributed by atoms with E-state index in [1.54, 1.807) is 0 Å². The first-order valence-electron chi connectivity index (χ1n) is 6.73. The molecule has 0 amide bonds. The van der Waals surface area contributed by atoms with Crippen LogP contribution in [0.3, 0.4) is 0 Å². The van der Waals surface area contributed by atoms with Crippen molar-refractivity contribution in [3.8, 4) is 0 Å². The summed E-state index contributed by atoms with van der Waals surface area (Å²) in [4.78, 5) is 1.43. The van der Waals surface area contributed by atoms with E-state index >= 15 is 0 Å². The van der Waals surface area contributed by atoms with Crippen molar-refractivity contribution in [2.24, 2.45) is 5.84 Å². The van der Waals surface area contributed by atoms with Crippen LogP contribution in [-0.4, -0.2) is 6.04 Å². The fraction of sp³-hybridized carbons (Fsp3) is 0.375. The van der Waals surface area contributed by atoms with Crippen LogP contribution in [0.15, 0.2) is 35.7 Å². The summed E-state index contributed by atoms with van der Waals surface area (Å²) in [5.41, 5.74) is 7.01. The maximum absolute atomic E-state index is 5.68. The lowest BCUT2D eigenvalue weighted by Crippen LogP contribution is -2.37. The van der Waals surface area contributed by atoms with E-state index in [0.717, 1.165) is 19.3 Å². The lowest BCUT2D eigenvalue weighted by molar-refractivity contribution is 0.493. The van der Waals surface area contributed by atoms with Crippen molar-refractivity contribution in [2.45, 2.75) is 39.2 Å². The minimum Gasteiger partial charge on any atom is -0.271 e. The number of hydrazine groups is 1. The molecule has 0 bridgehead atoms. The van der Waals surface area contributed by atoms with Crippen molar-refractivity contribution in [1.29, 1.82) is 0 Å². The van der Waals surface area contributed by atoms with E-state index in [4.69, 9.17) is 5.84 Å². The molecule has 0 aliphatic rings. The number of hydrogen-bond donors (Lipinski definition) is 2. The minimum absolute atomic E-state index is 0.337. The SMILES string of the molecule is Cc1ccc(CC(CCc2cccs2)NN)cc1C. The normalized spacial score (nSPS) is 12.6. The van der Waals surface area contributed by atoms with Crippen LogP contribution in [-0.2, 0) is 12.8 Å². The Morgan fingerprint density at radius 3 is 2.68 bits per heavy atom. The Morgan fingerprint density at radius 2 is 2.05 bits per heavy atom. The Kier molecular flexibility index (Phi) is 5.14. The van der Waals surface area contributed by atoms with Gasteiger partial charge in [-0.1, -0.05) is 24.3 Å². The number of nitrogens with two attached hydrogens (primary N) is 1. The first-order valence-corrected chi connectivity index (χ1v) is 7.61. The molecule has 1 heterocycles. The third-order valence-electron chi connectivity index (χ3n) is 3.61. The third-order valence-corrected chi connectivity index (χ3v) is 4.54. The monoisotopic (exact) mass is 274 g/mol. The fourth-order valence-corrected chi connectivity index (χ4v) is 2.96. The Bertz CT molecular complexity index is 505. The van der Waals surface area contributed by atoms with Gasteiger partial charge in [-0.2, -0.15) is 0 Å². The van der Waals surface area contributed by atoms with Crippen LogP contribution >= 0.6 is 11.3 Å². The van der Waals surface area contributed by atoms with Gasteiger partial charge in [0.1, 0.15) is 0 Å². The molecule has 102 valence electrons. The molecule has 1 aromatic carbocycles. The molecular weight excluding hydrogens is 252 g/mol. The van der Waals surface area contributed by atoms with Crippen molar-refractivity contribution >= 4 is 11.3 Å². The Labute approximate surface area is 119 Å². The Morgan fingerprint density at radius 1 is 1.21 bits per heavy atom. The topological polar surface area (TPSA) is 38.0 Å². The molecule has 19 heavy (non-hydrogen) atoms. The molecular formula is C16H22N2S. The van der Waals surface area contributed by atoms with Crippen molar-refractivity contribution < 1.29 is 0 Å². The second-order valence-corrected chi connectivity index (χ2v) is 6.14. The van der Waals surface area contributed by atoms with Crippen LogP contribution in [0.1, 0.15) is 28.0 Å². The van der Waals surface area contributed by atoms with Crippen molar-refractivity contribution in [3.63, 3.8) is 0 Å². The van der Waals surface area contributed by atoms with Gasteiger partial charge < -0.3 is 0 Å². The van der Waals surface area contributed by atoms with Crippen LogP contribution in [0.4, 0.5) is 0 Å². The number of thiophene rings is 1. The molecule has 0 saturated heterocycles. The highest BCUT2D eigenvalue weighted by atomic mass is 32.1. The quantitative estimate of drug-likeness (QED) is 0.626. The highest BCUT2D eigenvalue weighted by Crippen LogP contribution is 2.15. The van der Waals surface area contributed by atoms with Crippen molar-refractivity contribution in [1.82, 2.24) is 5.43 Å². The van der Waals surface area contributed by atoms with Gasteiger partial charge in [0, 0.05) is 10.9 Å². The molecule has 2 nitrogen and oxygen atoms in total. The summed E-state index contributed by atoms with van der Waals surface area (Å²) in [6, 6.07) is 11.3. The summed E-state index contributed by atoms with van der Waals surface area (Å²) >= 11 is 1.82. The van der Waals surface area contributed by atoms with Crippen LogP contribution in [0.2, 0.25) is 0 Å². The molecule has 3 heteroatoms. The lowest BCUT2D eigenvalue weighted by Gasteiger charge is -2.16. The average Bonchev–Trinajstić information content (AvgIpc) is 2.92. The van der Waals surface area contributed by atoms with Gasteiger partial charge in [-0.15, -0.1) is 11.3 Å². The number of nitrogens with one attached hydrogen (secondary N) is 1. The Hall–Kier alpha value is -1.16. The van der Waals surface area contributed by atoms with E-state index in [1.165, 1.54) is 21.6 Å². The Balaban J connectivity index is 1.92. The van der Waals surface area contributed by atoms with Gasteiger partial charge in [-0.05, 0) is 61.2 Å². The molecule has 0 aliphatic carbocycles. The molecule has 0 spiro atoms. The maximum Gasteiger partial charge on any atom is 0.0254 e. The smallest absolute Gasteiger partial charge is 0.0254 e. The molecule has 0 fully saturated rings. The zero-order chi connectivity index (χ0) is 13.7. The van der Waals surface area contributed by atoms with Gasteiger partial charge >= 0.3 is 0 Å². The maximum atomic E-state index is 5.68. The second-order valence-electron chi connectivity index (χ2n) is 5.10. The fourth-order valence-electron chi connectivity index (χ4n) is 2.23. The molecule has 1 unspecified atom stereocenters. The number of rotatable bonds is 6. The summed E-state index contributed by atoms with van der Waals surface area (Å²) in [7, 11) is 0. The number of hydrogen-bond acceptors (Lipinski definition) is 3. The molecule has 3 N–H and O–H groups in total. The number of aryl methyl sites for hydroxylation is 3. The van der Waals surface area contributed by atoms with E-state index in [2.05, 4.69) is 55.0 Å². The minimum atomic E-state index is 0.337. The highest BCUT2D eigenvalue weighted by Gasteiger charge is 2.09. The van der Waals surface area contributed by atoms with E-state index in [1.807, 2.05) is 11.3 Å². The molecule has 1 atom stereocenters. The van der Waals surface area contributed by atoms with Crippen LogP contribution in [0.25, 0.3) is 0 Å². The van der Waals surface area contributed by atoms with Gasteiger partial charge in [0.05, 0.1) is 0 Å². The average molecular weight is 274 g/mol. The lowest BCUT2D eigenvalue weighted by atomic mass is 9.98. The van der Waals surface area contributed by atoms with Crippen LogP contribution in [0.5, 0.6) is 0 Å². The summed E-state index contributed by atoms with van der Waals surface area (Å²) < 4.78 is 0. The largest absolute Gasteiger partial charge is 0.271 e. The van der Waals surface area contributed by atoms with Gasteiger partial charge in [0.15, 0.2) is 0 Å². The van der Waals surface area contributed by atoms with Crippen LogP contribution in [0, 0.1) is 13.8 Å². The van der Waals surface area contributed by atoms with E-state index in [-0.39, 0.29) is 0 Å². The van der Waals surface area contributed by atoms with Gasteiger partial charge in [0.2, 0.25) is 0 Å². The molecule has 1 aromatic heterocycles. The number of benzene rings is 1. The second kappa shape index (κ2) is 6.85. The van der Waals surface area contributed by atoms with Gasteiger partial charge in [0.25, 0.3) is 0 Å². The molecule has 0 saturated carbocycles. The molecule has 2 rings (SSSR count). The first kappa shape index (κ1) is 14.3. The summed E-state index contributed by atoms with van der Waals surface area (Å²) in [6.07, 6.45) is 3.16. The summed E-state index contributed by atoms with van der Waals surface area (Å²) in [5.74, 6) is 5.68. The highest BCUT2D eigenvalue weighted by molar-refractivity contribution is 7.09. The van der Waals surface area contributed by atoms with Crippen molar-refractivity contribution in [3.05, 3.63) is 57.3 Å². The summed E-state index contributed by atoms with van der Waals surface area (Å²) in [5, 5.41) is 2.13. The standard InChI is InChI=1S/C16H22N2S/c1-12-5-6-14(10-13(12)2)11-15(18-17)7-8-16-4-3-9-19-16/h3-6,9-10,15,18H,7-8,11,17H2,1-2H3. The molecule has 0 aliphatic heterocycles. The van der Waals surface area contributed by atoms with E-state index < -0.39 is 0 Å².